The molecule has 2 rings (SSSR count). The Morgan fingerprint density at radius 2 is 1.95 bits per heavy atom. The molecule has 0 saturated carbocycles. The number of rotatable bonds is 4. The van der Waals surface area contributed by atoms with E-state index in [9.17, 15) is 8.42 Å². The molecule has 0 atom stereocenters. The molecule has 1 aromatic rings. The van der Waals surface area contributed by atoms with Gasteiger partial charge in [-0.1, -0.05) is 18.0 Å². The number of hydrogen-bond donors (Lipinski definition) is 2. The Hall–Kier alpha value is -0.660. The molecule has 2 N–H and O–H groups in total. The number of piperidine rings is 1. The first kappa shape index (κ1) is 14.7. The highest BCUT2D eigenvalue weighted by molar-refractivity contribution is 7.89. The highest BCUT2D eigenvalue weighted by atomic mass is 35.5. The summed E-state index contributed by atoms with van der Waals surface area (Å²) < 4.78 is 24.4. The first-order valence-corrected chi connectivity index (χ1v) is 8.06. The number of hydrazine groups is 1. The topological polar surface area (TPSA) is 69.6 Å². The van der Waals surface area contributed by atoms with E-state index < -0.39 is 10.0 Å². The molecule has 5 nitrogen and oxygen atoms in total. The number of benzene rings is 1. The molecule has 19 heavy (non-hydrogen) atoms. The minimum Gasteiger partial charge on any atom is -0.392 e. The molecule has 1 heterocycles. The molecule has 1 aliphatic heterocycles. The number of halogens is 1. The van der Waals surface area contributed by atoms with Crippen molar-refractivity contribution in [2.75, 3.05) is 13.1 Å². The normalized spacial score (nSPS) is 17.6. The first-order chi connectivity index (χ1) is 9.03. The summed E-state index contributed by atoms with van der Waals surface area (Å²) in [5.41, 5.74) is 0.406. The van der Waals surface area contributed by atoms with Crippen molar-refractivity contribution in [2.24, 2.45) is 0 Å². The second-order valence-corrected chi connectivity index (χ2v) is 6.62. The Morgan fingerprint density at radius 3 is 2.58 bits per heavy atom. The molecular weight excluding hydrogens is 288 g/mol. The van der Waals surface area contributed by atoms with Gasteiger partial charge in [0.2, 0.25) is 0 Å². The minimum absolute atomic E-state index is 0.117. The van der Waals surface area contributed by atoms with Gasteiger partial charge in [0, 0.05) is 18.1 Å². The summed E-state index contributed by atoms with van der Waals surface area (Å²) in [5, 5.41) is 11.2. The van der Waals surface area contributed by atoms with Crippen LogP contribution in [0.25, 0.3) is 0 Å². The van der Waals surface area contributed by atoms with Gasteiger partial charge in [0.05, 0.1) is 11.5 Å². The molecule has 1 aromatic carbocycles. The highest BCUT2D eigenvalue weighted by Crippen LogP contribution is 2.21. The summed E-state index contributed by atoms with van der Waals surface area (Å²) in [5.74, 6) is 0. The van der Waals surface area contributed by atoms with Gasteiger partial charge in [0.1, 0.15) is 0 Å². The number of aliphatic hydroxyl groups is 1. The molecule has 0 unspecified atom stereocenters. The number of nitrogens with one attached hydrogen (secondary N) is 1. The van der Waals surface area contributed by atoms with Crippen LogP contribution >= 0.6 is 11.6 Å². The SMILES string of the molecule is O=S(=O)(NN1CCCCC1)c1ccc(Cl)c(CO)c1. The fourth-order valence-electron chi connectivity index (χ4n) is 2.05. The van der Waals surface area contributed by atoms with Gasteiger partial charge >= 0.3 is 0 Å². The van der Waals surface area contributed by atoms with E-state index in [2.05, 4.69) is 4.83 Å². The Balaban J connectivity index is 2.18. The van der Waals surface area contributed by atoms with E-state index in [1.807, 2.05) is 0 Å². The van der Waals surface area contributed by atoms with Crippen molar-refractivity contribution in [3.8, 4) is 0 Å². The van der Waals surface area contributed by atoms with Crippen LogP contribution in [0.5, 0.6) is 0 Å². The third-order valence-electron chi connectivity index (χ3n) is 3.10. The van der Waals surface area contributed by atoms with Crippen molar-refractivity contribution in [1.29, 1.82) is 0 Å². The van der Waals surface area contributed by atoms with Crippen LogP contribution in [-0.2, 0) is 16.6 Å². The lowest BCUT2D eigenvalue weighted by molar-refractivity contribution is 0.200. The van der Waals surface area contributed by atoms with Crippen LogP contribution in [0, 0.1) is 0 Å². The molecule has 106 valence electrons. The monoisotopic (exact) mass is 304 g/mol. The van der Waals surface area contributed by atoms with E-state index in [0.29, 0.717) is 10.6 Å². The number of hydrogen-bond acceptors (Lipinski definition) is 4. The average Bonchev–Trinajstić information content (AvgIpc) is 2.39. The van der Waals surface area contributed by atoms with Crippen molar-refractivity contribution in [3.63, 3.8) is 0 Å². The molecule has 0 radical (unpaired) electrons. The van der Waals surface area contributed by atoms with Crippen LogP contribution in [0.1, 0.15) is 24.8 Å². The Kier molecular flexibility index (Phi) is 4.81. The summed E-state index contributed by atoms with van der Waals surface area (Å²) >= 11 is 5.85. The Labute approximate surface area is 118 Å². The third-order valence-corrected chi connectivity index (χ3v) is 4.84. The zero-order chi connectivity index (χ0) is 13.9. The lowest BCUT2D eigenvalue weighted by Gasteiger charge is -2.26. The van der Waals surface area contributed by atoms with Gasteiger partial charge in [-0.3, -0.25) is 0 Å². The van der Waals surface area contributed by atoms with Crippen molar-refractivity contribution in [2.45, 2.75) is 30.8 Å². The average molecular weight is 305 g/mol. The van der Waals surface area contributed by atoms with Gasteiger partial charge in [-0.25, -0.2) is 13.4 Å². The first-order valence-electron chi connectivity index (χ1n) is 6.19. The minimum atomic E-state index is -3.60. The van der Waals surface area contributed by atoms with E-state index in [1.54, 1.807) is 5.01 Å². The second kappa shape index (κ2) is 6.19. The molecule has 1 aliphatic rings. The zero-order valence-electron chi connectivity index (χ0n) is 10.5. The van der Waals surface area contributed by atoms with Crippen molar-refractivity contribution in [3.05, 3.63) is 28.8 Å². The summed E-state index contributed by atoms with van der Waals surface area (Å²) in [6.45, 7) is 1.16. The maximum absolute atomic E-state index is 12.2. The summed E-state index contributed by atoms with van der Waals surface area (Å²) in [6, 6.07) is 4.32. The summed E-state index contributed by atoms with van der Waals surface area (Å²) in [7, 11) is -3.60. The van der Waals surface area contributed by atoms with Crippen LogP contribution in [0.15, 0.2) is 23.1 Å². The molecular formula is C12H17ClN2O3S. The van der Waals surface area contributed by atoms with E-state index >= 15 is 0 Å². The van der Waals surface area contributed by atoms with Crippen LogP contribution in [0.2, 0.25) is 5.02 Å². The fraction of sp³-hybridized carbons (Fsp3) is 0.500. The van der Waals surface area contributed by atoms with Gasteiger partial charge < -0.3 is 5.11 Å². The number of aliphatic hydroxyl groups excluding tert-OH is 1. The third kappa shape index (κ3) is 3.67. The summed E-state index contributed by atoms with van der Waals surface area (Å²) in [4.78, 5) is 2.68. The zero-order valence-corrected chi connectivity index (χ0v) is 12.0. The maximum atomic E-state index is 12.2. The lowest BCUT2D eigenvalue weighted by Crippen LogP contribution is -2.44. The molecule has 0 bridgehead atoms. The summed E-state index contributed by atoms with van der Waals surface area (Å²) in [6.07, 6.45) is 3.11. The van der Waals surface area contributed by atoms with Crippen LogP contribution < -0.4 is 4.83 Å². The van der Waals surface area contributed by atoms with Crippen molar-refractivity contribution < 1.29 is 13.5 Å². The molecule has 7 heteroatoms. The Morgan fingerprint density at radius 1 is 1.26 bits per heavy atom. The Bertz CT molecular complexity index is 542. The molecule has 1 saturated heterocycles. The van der Waals surface area contributed by atoms with E-state index in [1.165, 1.54) is 18.2 Å². The van der Waals surface area contributed by atoms with Crippen molar-refractivity contribution in [1.82, 2.24) is 9.84 Å². The van der Waals surface area contributed by atoms with E-state index in [0.717, 1.165) is 32.4 Å². The fourth-order valence-corrected chi connectivity index (χ4v) is 3.40. The standard InChI is InChI=1S/C12H17ClN2O3S/c13-12-5-4-11(8-10(12)9-16)19(17,18)14-15-6-2-1-3-7-15/h4-5,8,14,16H,1-3,6-7,9H2. The second-order valence-electron chi connectivity index (χ2n) is 4.55. The lowest BCUT2D eigenvalue weighted by atomic mass is 10.2. The van der Waals surface area contributed by atoms with Gasteiger partial charge in [-0.05, 0) is 36.6 Å². The van der Waals surface area contributed by atoms with Crippen LogP contribution in [0.4, 0.5) is 0 Å². The van der Waals surface area contributed by atoms with Gasteiger partial charge in [0.25, 0.3) is 10.0 Å². The molecule has 0 spiro atoms. The predicted octanol–water partition coefficient (Wildman–Crippen LogP) is 1.51. The quantitative estimate of drug-likeness (QED) is 0.885. The van der Waals surface area contributed by atoms with Gasteiger partial charge in [-0.2, -0.15) is 0 Å². The maximum Gasteiger partial charge on any atom is 0.253 e. The van der Waals surface area contributed by atoms with E-state index in [-0.39, 0.29) is 11.5 Å². The predicted molar refractivity (Wildman–Crippen MR) is 73.1 cm³/mol. The van der Waals surface area contributed by atoms with Gasteiger partial charge in [0.15, 0.2) is 0 Å². The molecule has 1 fully saturated rings. The number of sulfonamides is 1. The van der Waals surface area contributed by atoms with Gasteiger partial charge in [-0.15, -0.1) is 4.83 Å². The van der Waals surface area contributed by atoms with Crippen molar-refractivity contribution >= 4 is 21.6 Å². The molecule has 0 amide bonds. The largest absolute Gasteiger partial charge is 0.392 e. The van der Waals surface area contributed by atoms with Crippen LogP contribution in [-0.4, -0.2) is 31.6 Å². The van der Waals surface area contributed by atoms with E-state index in [4.69, 9.17) is 16.7 Å². The molecule has 0 aromatic heterocycles. The van der Waals surface area contributed by atoms with Crippen LogP contribution in [0.3, 0.4) is 0 Å². The molecule has 0 aliphatic carbocycles. The smallest absolute Gasteiger partial charge is 0.253 e. The number of nitrogens with zero attached hydrogens (tertiary/aromatic N) is 1. The highest BCUT2D eigenvalue weighted by Gasteiger charge is 2.20.